The predicted molar refractivity (Wildman–Crippen MR) is 70.8 cm³/mol. The molecule has 0 aromatic carbocycles. The van der Waals surface area contributed by atoms with E-state index in [4.69, 9.17) is 5.73 Å². The highest BCUT2D eigenvalue weighted by atomic mass is 16.3. The summed E-state index contributed by atoms with van der Waals surface area (Å²) in [6, 6.07) is -0.442. The van der Waals surface area contributed by atoms with Gasteiger partial charge in [0.15, 0.2) is 0 Å². The van der Waals surface area contributed by atoms with E-state index < -0.39 is 12.4 Å². The Hall–Kier alpha value is -1.03. The van der Waals surface area contributed by atoms with Crippen LogP contribution in [0, 0.1) is 5.92 Å². The molecule has 0 aromatic rings. The summed E-state index contributed by atoms with van der Waals surface area (Å²) >= 11 is 0. The van der Waals surface area contributed by atoms with Crippen molar-refractivity contribution in [2.24, 2.45) is 11.7 Å². The van der Waals surface area contributed by atoms with E-state index in [0.29, 0.717) is 13.1 Å². The van der Waals surface area contributed by atoms with Crippen LogP contribution in [0.2, 0.25) is 0 Å². The molecule has 0 aromatic heterocycles. The van der Waals surface area contributed by atoms with E-state index in [9.17, 15) is 15.0 Å². The standard InChI is InChI=1S/C12H21N5O3/c1-5-6(3-18)8(19)2-7(5)17-4-14-9-10(17)15-12(13)16-11(9)20/h6-10,12,14-15,18-19H,1-4,13H2,(H,16,20)/t6-,7-,8-,9?,10?,12?/m1/s1. The van der Waals surface area contributed by atoms with Crippen LogP contribution in [0.15, 0.2) is 12.2 Å². The van der Waals surface area contributed by atoms with Crippen LogP contribution in [0.25, 0.3) is 0 Å². The molecule has 3 rings (SSSR count). The summed E-state index contributed by atoms with van der Waals surface area (Å²) in [5, 5.41) is 28.2. The predicted octanol–water partition coefficient (Wildman–Crippen LogP) is -3.20. The Morgan fingerprint density at radius 2 is 2.25 bits per heavy atom. The number of aliphatic hydroxyl groups is 2. The lowest BCUT2D eigenvalue weighted by Gasteiger charge is -2.37. The highest BCUT2D eigenvalue weighted by Crippen LogP contribution is 2.35. The molecule has 1 aliphatic carbocycles. The van der Waals surface area contributed by atoms with E-state index in [1.54, 1.807) is 0 Å². The first-order chi connectivity index (χ1) is 9.52. The van der Waals surface area contributed by atoms with Gasteiger partial charge in [0.2, 0.25) is 5.91 Å². The summed E-state index contributed by atoms with van der Waals surface area (Å²) in [6.07, 6.45) is -0.903. The molecule has 1 saturated carbocycles. The number of nitrogens with one attached hydrogen (secondary N) is 3. The zero-order valence-corrected chi connectivity index (χ0v) is 11.1. The Kier molecular flexibility index (Phi) is 3.53. The highest BCUT2D eigenvalue weighted by Gasteiger charge is 2.49. The maximum Gasteiger partial charge on any atom is 0.242 e. The van der Waals surface area contributed by atoms with Gasteiger partial charge in [0.1, 0.15) is 12.3 Å². The molecule has 20 heavy (non-hydrogen) atoms. The van der Waals surface area contributed by atoms with Crippen molar-refractivity contribution in [1.29, 1.82) is 0 Å². The van der Waals surface area contributed by atoms with Crippen molar-refractivity contribution in [2.45, 2.75) is 37.1 Å². The van der Waals surface area contributed by atoms with E-state index in [-0.39, 0.29) is 36.7 Å². The fourth-order valence-corrected chi connectivity index (χ4v) is 3.43. The topological polar surface area (TPSA) is 123 Å². The number of hydrogen-bond donors (Lipinski definition) is 6. The number of fused-ring (bicyclic) bond motifs is 1. The van der Waals surface area contributed by atoms with E-state index in [2.05, 4.69) is 22.5 Å². The summed E-state index contributed by atoms with van der Waals surface area (Å²) in [7, 11) is 0. The minimum atomic E-state index is -0.595. The smallest absolute Gasteiger partial charge is 0.242 e. The third-order valence-electron chi connectivity index (χ3n) is 4.53. The third-order valence-corrected chi connectivity index (χ3v) is 4.53. The normalized spacial score (nSPS) is 45.5. The summed E-state index contributed by atoms with van der Waals surface area (Å²) in [5.41, 5.74) is 6.56. The number of nitrogens with two attached hydrogens (primary N) is 1. The number of hydrogen-bond acceptors (Lipinski definition) is 7. The average molecular weight is 283 g/mol. The molecule has 3 aliphatic rings. The number of amides is 1. The molecule has 8 nitrogen and oxygen atoms in total. The molecule has 2 heterocycles. The van der Waals surface area contributed by atoms with Crippen LogP contribution in [-0.4, -0.2) is 64.9 Å². The van der Waals surface area contributed by atoms with Gasteiger partial charge in [-0.3, -0.25) is 26.1 Å². The van der Waals surface area contributed by atoms with Crippen LogP contribution in [0.1, 0.15) is 6.42 Å². The van der Waals surface area contributed by atoms with Crippen molar-refractivity contribution in [3.63, 3.8) is 0 Å². The van der Waals surface area contributed by atoms with Crippen molar-refractivity contribution in [3.8, 4) is 0 Å². The molecule has 0 bridgehead atoms. The van der Waals surface area contributed by atoms with E-state index in [1.165, 1.54) is 0 Å². The van der Waals surface area contributed by atoms with Gasteiger partial charge in [0.05, 0.1) is 25.5 Å². The Bertz CT molecular complexity index is 431. The van der Waals surface area contributed by atoms with Gasteiger partial charge in [0.25, 0.3) is 0 Å². The molecule has 2 saturated heterocycles. The molecule has 8 heteroatoms. The minimum absolute atomic E-state index is 0.0738. The van der Waals surface area contributed by atoms with Gasteiger partial charge in [-0.05, 0) is 6.42 Å². The second kappa shape index (κ2) is 5.06. The van der Waals surface area contributed by atoms with Crippen LogP contribution in [0.5, 0.6) is 0 Å². The van der Waals surface area contributed by atoms with Gasteiger partial charge in [0, 0.05) is 12.0 Å². The van der Waals surface area contributed by atoms with Gasteiger partial charge < -0.3 is 15.5 Å². The molecule has 0 radical (unpaired) electrons. The lowest BCUT2D eigenvalue weighted by molar-refractivity contribution is -0.127. The van der Waals surface area contributed by atoms with Crippen molar-refractivity contribution in [3.05, 3.63) is 12.2 Å². The minimum Gasteiger partial charge on any atom is -0.396 e. The van der Waals surface area contributed by atoms with Crippen LogP contribution in [0.4, 0.5) is 0 Å². The maximum atomic E-state index is 11.9. The summed E-state index contributed by atoms with van der Waals surface area (Å²) in [6.45, 7) is 4.41. The van der Waals surface area contributed by atoms with Gasteiger partial charge in [-0.1, -0.05) is 12.2 Å². The van der Waals surface area contributed by atoms with Gasteiger partial charge in [-0.2, -0.15) is 0 Å². The van der Waals surface area contributed by atoms with Crippen molar-refractivity contribution in [1.82, 2.24) is 20.9 Å². The van der Waals surface area contributed by atoms with Crippen molar-refractivity contribution in [2.75, 3.05) is 13.3 Å². The largest absolute Gasteiger partial charge is 0.396 e. The second-order valence-electron chi connectivity index (χ2n) is 5.63. The van der Waals surface area contributed by atoms with Gasteiger partial charge in [-0.15, -0.1) is 0 Å². The molecule has 0 spiro atoms. The van der Waals surface area contributed by atoms with E-state index >= 15 is 0 Å². The van der Waals surface area contributed by atoms with E-state index in [0.717, 1.165) is 5.57 Å². The first-order valence-electron chi connectivity index (χ1n) is 6.81. The molecular weight excluding hydrogens is 262 g/mol. The molecule has 3 fully saturated rings. The molecule has 6 atom stereocenters. The molecule has 7 N–H and O–H groups in total. The lowest BCUT2D eigenvalue weighted by atomic mass is 10.0. The monoisotopic (exact) mass is 283 g/mol. The third kappa shape index (κ3) is 2.05. The van der Waals surface area contributed by atoms with Crippen molar-refractivity contribution < 1.29 is 15.0 Å². The zero-order chi connectivity index (χ0) is 14.4. The summed E-state index contributed by atoms with van der Waals surface area (Å²) in [4.78, 5) is 13.9. The molecule has 2 aliphatic heterocycles. The maximum absolute atomic E-state index is 11.9. The van der Waals surface area contributed by atoms with Gasteiger partial charge >= 0.3 is 0 Å². The van der Waals surface area contributed by atoms with Crippen LogP contribution in [0.3, 0.4) is 0 Å². The summed E-state index contributed by atoms with van der Waals surface area (Å²) < 4.78 is 0. The Balaban J connectivity index is 1.78. The first-order valence-corrected chi connectivity index (χ1v) is 6.81. The number of nitrogens with zero attached hydrogens (tertiary/aromatic N) is 1. The van der Waals surface area contributed by atoms with E-state index in [1.807, 2.05) is 4.90 Å². The SMILES string of the molecule is C=C1[C@@H](CO)[C@H](O)C[C@H]1N1CNC2C(=O)NC(N)NC21. The number of rotatable bonds is 2. The highest BCUT2D eigenvalue weighted by molar-refractivity contribution is 5.84. The fourth-order valence-electron chi connectivity index (χ4n) is 3.43. The van der Waals surface area contributed by atoms with Crippen LogP contribution < -0.4 is 21.7 Å². The van der Waals surface area contributed by atoms with Crippen LogP contribution in [-0.2, 0) is 4.79 Å². The first kappa shape index (κ1) is 13.9. The molecule has 1 amide bonds. The quantitative estimate of drug-likeness (QED) is 0.295. The van der Waals surface area contributed by atoms with Crippen LogP contribution >= 0.6 is 0 Å². The summed E-state index contributed by atoms with van der Waals surface area (Å²) in [5.74, 6) is -0.434. The second-order valence-corrected chi connectivity index (χ2v) is 5.63. The fraction of sp³-hybridized carbons (Fsp3) is 0.750. The Labute approximate surface area is 117 Å². The molecular formula is C12H21N5O3. The van der Waals surface area contributed by atoms with Gasteiger partial charge in [-0.25, -0.2) is 0 Å². The number of aliphatic hydroxyl groups excluding tert-OH is 2. The number of carbonyl (C=O) groups excluding carboxylic acids is 1. The Morgan fingerprint density at radius 3 is 2.90 bits per heavy atom. The molecule has 112 valence electrons. The molecule has 3 unspecified atom stereocenters. The lowest BCUT2D eigenvalue weighted by Crippen LogP contribution is -2.70. The Morgan fingerprint density at radius 1 is 1.50 bits per heavy atom. The number of carbonyl (C=O) groups is 1. The van der Waals surface area contributed by atoms with Crippen molar-refractivity contribution >= 4 is 5.91 Å². The average Bonchev–Trinajstić information content (AvgIpc) is 2.91. The zero-order valence-electron chi connectivity index (χ0n) is 11.1.